The van der Waals surface area contributed by atoms with Gasteiger partial charge in [-0.3, -0.25) is 5.41 Å². The van der Waals surface area contributed by atoms with Gasteiger partial charge in [-0.25, -0.2) is 9.97 Å². The van der Waals surface area contributed by atoms with Crippen LogP contribution in [0.15, 0.2) is 35.1 Å². The van der Waals surface area contributed by atoms with E-state index >= 15 is 0 Å². The zero-order valence-corrected chi connectivity index (χ0v) is 11.7. The maximum absolute atomic E-state index is 7.99. The maximum atomic E-state index is 7.99. The smallest absolute Gasteiger partial charge is 0.226 e. The average Bonchev–Trinajstić information content (AvgIpc) is 2.38. The first kappa shape index (κ1) is 13.3. The summed E-state index contributed by atoms with van der Waals surface area (Å²) in [5.41, 5.74) is 6.10. The lowest BCUT2D eigenvalue weighted by Gasteiger charge is -2.12. The monoisotopic (exact) mass is 321 g/mol. The second-order valence-corrected chi connectivity index (χ2v) is 4.54. The summed E-state index contributed by atoms with van der Waals surface area (Å²) in [6, 6.07) is 7.19. The van der Waals surface area contributed by atoms with Gasteiger partial charge < -0.3 is 15.8 Å². The van der Waals surface area contributed by atoms with Crippen molar-refractivity contribution < 1.29 is 4.74 Å². The van der Waals surface area contributed by atoms with Gasteiger partial charge in [0.1, 0.15) is 29.3 Å². The number of halogens is 1. The topological polar surface area (TPSA) is 96.9 Å². The molecule has 0 atom stereocenters. The lowest BCUT2D eigenvalue weighted by Crippen LogP contribution is -2.16. The molecule has 19 heavy (non-hydrogen) atoms. The lowest BCUT2D eigenvalue weighted by atomic mass is 10.2. The highest BCUT2D eigenvalue weighted by atomic mass is 79.9. The van der Waals surface area contributed by atoms with E-state index in [-0.39, 0.29) is 11.7 Å². The third-order valence-electron chi connectivity index (χ3n) is 2.36. The van der Waals surface area contributed by atoms with Crippen LogP contribution in [0.2, 0.25) is 0 Å². The quantitative estimate of drug-likeness (QED) is 0.595. The molecule has 0 radical (unpaired) electrons. The van der Waals surface area contributed by atoms with Crippen LogP contribution in [-0.2, 0) is 0 Å². The van der Waals surface area contributed by atoms with E-state index in [9.17, 15) is 0 Å². The second kappa shape index (κ2) is 5.66. The van der Waals surface area contributed by atoms with Crippen LogP contribution in [0, 0.1) is 5.41 Å². The number of aromatic nitrogens is 2. The van der Waals surface area contributed by atoms with Gasteiger partial charge in [0.25, 0.3) is 0 Å². The minimum Gasteiger partial charge on any atom is -0.439 e. The second-order valence-electron chi connectivity index (χ2n) is 3.62. The van der Waals surface area contributed by atoms with E-state index in [2.05, 4.69) is 31.2 Å². The van der Waals surface area contributed by atoms with Crippen LogP contribution in [0.4, 0.5) is 11.6 Å². The molecule has 0 aliphatic carbocycles. The van der Waals surface area contributed by atoms with Crippen LogP contribution in [0.5, 0.6) is 5.75 Å². The molecule has 0 bridgehead atoms. The van der Waals surface area contributed by atoms with Gasteiger partial charge in [0.05, 0.1) is 0 Å². The molecule has 1 aromatic heterocycles. The molecular weight excluding hydrogens is 310 g/mol. The van der Waals surface area contributed by atoms with Gasteiger partial charge in [0, 0.05) is 11.5 Å². The molecule has 98 valence electrons. The van der Waals surface area contributed by atoms with Gasteiger partial charge >= 0.3 is 0 Å². The Morgan fingerprint density at radius 2 is 2.21 bits per heavy atom. The summed E-state index contributed by atoms with van der Waals surface area (Å²) < 4.78 is 6.32. The van der Waals surface area contributed by atoms with Crippen molar-refractivity contribution in [3.63, 3.8) is 0 Å². The molecule has 0 fully saturated rings. The van der Waals surface area contributed by atoms with Crippen molar-refractivity contribution in [3.05, 3.63) is 40.6 Å². The van der Waals surface area contributed by atoms with Crippen molar-refractivity contribution >= 4 is 33.5 Å². The number of hydrogen-bond donors (Lipinski definition) is 3. The van der Waals surface area contributed by atoms with E-state index in [1.807, 2.05) is 12.1 Å². The molecule has 0 aliphatic rings. The summed E-state index contributed by atoms with van der Waals surface area (Å²) in [5, 5.41) is 10.8. The molecule has 4 N–H and O–H groups in total. The summed E-state index contributed by atoms with van der Waals surface area (Å²) in [5.74, 6) is 1.07. The molecular formula is C12H12BrN5O. The molecule has 0 aliphatic heterocycles. The molecule has 1 heterocycles. The summed E-state index contributed by atoms with van der Waals surface area (Å²) in [6.07, 6.45) is 1.33. The molecule has 0 saturated heterocycles. The molecule has 2 rings (SSSR count). The molecule has 0 spiro atoms. The van der Waals surface area contributed by atoms with Crippen LogP contribution in [0.3, 0.4) is 0 Å². The predicted octanol–water partition coefficient (Wildman–Crippen LogP) is 2.27. The normalized spacial score (nSPS) is 10.0. The van der Waals surface area contributed by atoms with Gasteiger partial charge in [-0.1, -0.05) is 22.0 Å². The Bertz CT molecular complexity index is 617. The van der Waals surface area contributed by atoms with E-state index in [4.69, 9.17) is 15.9 Å². The molecule has 6 nitrogen and oxygen atoms in total. The zero-order chi connectivity index (χ0) is 13.8. The van der Waals surface area contributed by atoms with Gasteiger partial charge in [-0.05, 0) is 18.2 Å². The van der Waals surface area contributed by atoms with E-state index in [0.717, 1.165) is 4.47 Å². The first-order valence-corrected chi connectivity index (χ1v) is 6.21. The van der Waals surface area contributed by atoms with Crippen LogP contribution < -0.4 is 15.8 Å². The van der Waals surface area contributed by atoms with E-state index in [0.29, 0.717) is 17.1 Å². The Morgan fingerprint density at radius 1 is 1.42 bits per heavy atom. The fraction of sp³-hybridized carbons (Fsp3) is 0.0833. The number of hydrogen-bond acceptors (Lipinski definition) is 6. The minimum atomic E-state index is -0.111. The number of rotatable bonds is 3. The fourth-order valence-electron chi connectivity index (χ4n) is 1.51. The molecule has 0 amide bonds. The molecule has 2 aromatic rings. The van der Waals surface area contributed by atoms with E-state index < -0.39 is 0 Å². The number of benzene rings is 1. The number of nitrogen functional groups attached to an aromatic ring is 1. The number of nitrogens with zero attached hydrogens (tertiary/aromatic N) is 2. The van der Waals surface area contributed by atoms with Crippen molar-refractivity contribution in [3.8, 4) is 5.75 Å². The Hall–Kier alpha value is -2.15. The number of nitrogens with two attached hydrogens (primary N) is 1. The Morgan fingerprint density at radius 3 is 2.89 bits per heavy atom. The standard InChI is InChI=1S/C12H12BrN5O/c1-16-12-9(10(14)17-6-18-12)11(15)19-8-4-2-3-7(13)5-8/h2-6,15H,1H3,(H3,14,16,17,18). The zero-order valence-electron chi connectivity index (χ0n) is 10.1. The number of anilines is 2. The minimum absolute atomic E-state index is 0.111. The average molecular weight is 322 g/mol. The van der Waals surface area contributed by atoms with Crippen LogP contribution in [-0.4, -0.2) is 22.9 Å². The van der Waals surface area contributed by atoms with Crippen LogP contribution >= 0.6 is 15.9 Å². The van der Waals surface area contributed by atoms with Crippen molar-refractivity contribution in [2.24, 2.45) is 0 Å². The third kappa shape index (κ3) is 3.00. The summed E-state index contributed by atoms with van der Waals surface area (Å²) in [6.45, 7) is 0. The van der Waals surface area contributed by atoms with Crippen molar-refractivity contribution in [1.29, 1.82) is 5.41 Å². The highest BCUT2D eigenvalue weighted by Crippen LogP contribution is 2.22. The summed E-state index contributed by atoms with van der Waals surface area (Å²) in [4.78, 5) is 7.87. The van der Waals surface area contributed by atoms with Crippen LogP contribution in [0.25, 0.3) is 0 Å². The molecule has 7 heteroatoms. The van der Waals surface area contributed by atoms with Crippen molar-refractivity contribution in [2.75, 3.05) is 18.1 Å². The Labute approximate surface area is 118 Å². The Kier molecular flexibility index (Phi) is 3.96. The largest absolute Gasteiger partial charge is 0.439 e. The van der Waals surface area contributed by atoms with Gasteiger partial charge in [0.15, 0.2) is 0 Å². The maximum Gasteiger partial charge on any atom is 0.226 e. The summed E-state index contributed by atoms with van der Waals surface area (Å²) >= 11 is 3.34. The van der Waals surface area contributed by atoms with Gasteiger partial charge in [0.2, 0.25) is 5.90 Å². The number of nitrogens with one attached hydrogen (secondary N) is 2. The lowest BCUT2D eigenvalue weighted by molar-refractivity contribution is 0.547. The molecule has 1 aromatic carbocycles. The third-order valence-corrected chi connectivity index (χ3v) is 2.85. The SMILES string of the molecule is CNc1ncnc(N)c1C(=N)Oc1cccc(Br)c1. The molecule has 0 unspecified atom stereocenters. The van der Waals surface area contributed by atoms with Gasteiger partial charge in [-0.15, -0.1) is 0 Å². The first-order chi connectivity index (χ1) is 9.11. The van der Waals surface area contributed by atoms with Crippen LogP contribution in [0.1, 0.15) is 5.56 Å². The highest BCUT2D eigenvalue weighted by Gasteiger charge is 2.15. The fourth-order valence-corrected chi connectivity index (χ4v) is 1.89. The number of ether oxygens (including phenoxy) is 1. The van der Waals surface area contributed by atoms with Crippen molar-refractivity contribution in [2.45, 2.75) is 0 Å². The summed E-state index contributed by atoms with van der Waals surface area (Å²) in [7, 11) is 1.69. The first-order valence-electron chi connectivity index (χ1n) is 5.42. The van der Waals surface area contributed by atoms with E-state index in [1.165, 1.54) is 6.33 Å². The van der Waals surface area contributed by atoms with Gasteiger partial charge in [-0.2, -0.15) is 0 Å². The molecule has 0 saturated carbocycles. The van der Waals surface area contributed by atoms with E-state index in [1.54, 1.807) is 19.2 Å². The Balaban J connectivity index is 2.30. The highest BCUT2D eigenvalue weighted by molar-refractivity contribution is 9.10. The van der Waals surface area contributed by atoms with Crippen molar-refractivity contribution in [1.82, 2.24) is 9.97 Å². The predicted molar refractivity (Wildman–Crippen MR) is 77.6 cm³/mol.